The molecule has 0 unspecified atom stereocenters. The van der Waals surface area contributed by atoms with Crippen LogP contribution in [0.2, 0.25) is 0 Å². The Morgan fingerprint density at radius 3 is 0.773 bits per heavy atom. The molecule has 1 heterocycles. The highest BCUT2D eigenvalue weighted by Crippen LogP contribution is 2.23. The summed E-state index contributed by atoms with van der Waals surface area (Å²) in [5, 5.41) is 39.9. The highest BCUT2D eigenvalue weighted by molar-refractivity contribution is 7.99. The number of nitrogens with zero attached hydrogens (tertiary/aromatic N) is 4. The molecule has 0 amide bonds. The molecule has 0 radical (unpaired) electrons. The van der Waals surface area contributed by atoms with E-state index in [9.17, 15) is 39.6 Å². The molecular formula is C28H52N4O8S4. The van der Waals surface area contributed by atoms with Gasteiger partial charge < -0.3 is 20.4 Å². The first-order chi connectivity index (χ1) is 20.9. The summed E-state index contributed by atoms with van der Waals surface area (Å²) in [7, 11) is 0. The van der Waals surface area contributed by atoms with Crippen LogP contribution in [0.5, 0.6) is 0 Å². The lowest BCUT2D eigenvalue weighted by atomic mass is 10.0. The van der Waals surface area contributed by atoms with Gasteiger partial charge in [0.1, 0.15) is 0 Å². The molecule has 1 aliphatic rings. The zero-order valence-corrected chi connectivity index (χ0v) is 29.7. The van der Waals surface area contributed by atoms with Crippen molar-refractivity contribution in [2.24, 2.45) is 0 Å². The van der Waals surface area contributed by atoms with Crippen LogP contribution in [0.15, 0.2) is 0 Å². The van der Waals surface area contributed by atoms with Crippen molar-refractivity contribution in [3.63, 3.8) is 0 Å². The number of carbonyl (C=O) groups is 4. The van der Waals surface area contributed by atoms with Crippen LogP contribution in [0, 0.1) is 0 Å². The molecule has 0 aromatic carbocycles. The van der Waals surface area contributed by atoms with E-state index in [0.29, 0.717) is 51.9 Å². The summed E-state index contributed by atoms with van der Waals surface area (Å²) in [4.78, 5) is 56.4. The van der Waals surface area contributed by atoms with E-state index in [1.807, 2.05) is 44.6 Å². The topological polar surface area (TPSA) is 162 Å². The standard InChI is InChI=1S/C28H52N4O8S4/c1-41-9-5-21-13-30(18-26(35)36)23(7-11-43-3)15-32(20-28(39)40)24(8-12-44-4)16-31(19-27(37)38)22(6-10-42-2)14-29(21)17-25(33)34/h21-24H,5-20H2,1-4H3,(H,33,34)(H,35,36)(H,37,38)(H,39,40)/t21-,22-,23-,24-/m0/s1. The third kappa shape index (κ3) is 16.6. The minimum Gasteiger partial charge on any atom is -0.480 e. The van der Waals surface area contributed by atoms with Crippen molar-refractivity contribution < 1.29 is 39.6 Å². The largest absolute Gasteiger partial charge is 0.480 e. The Morgan fingerprint density at radius 2 is 0.636 bits per heavy atom. The van der Waals surface area contributed by atoms with E-state index in [1.165, 1.54) is 0 Å². The van der Waals surface area contributed by atoms with Gasteiger partial charge in [0, 0.05) is 50.3 Å². The lowest BCUT2D eigenvalue weighted by Crippen LogP contribution is -2.60. The maximum Gasteiger partial charge on any atom is 0.317 e. The molecule has 0 aromatic rings. The van der Waals surface area contributed by atoms with Gasteiger partial charge in [0.05, 0.1) is 26.2 Å². The number of hydrogen-bond donors (Lipinski definition) is 4. The Morgan fingerprint density at radius 1 is 0.455 bits per heavy atom. The zero-order chi connectivity index (χ0) is 33.1. The number of carboxylic acid groups (broad SMARTS) is 4. The highest BCUT2D eigenvalue weighted by atomic mass is 32.2. The molecule has 12 nitrogen and oxygen atoms in total. The fourth-order valence-corrected chi connectivity index (χ4v) is 7.75. The van der Waals surface area contributed by atoms with Crippen LogP contribution in [0.1, 0.15) is 25.7 Å². The molecular weight excluding hydrogens is 649 g/mol. The molecule has 16 heteroatoms. The first-order valence-corrected chi connectivity index (χ1v) is 20.3. The number of hydrogen-bond acceptors (Lipinski definition) is 12. The summed E-state index contributed by atoms with van der Waals surface area (Å²) in [5.41, 5.74) is 0. The molecule has 4 atom stereocenters. The second-order valence-corrected chi connectivity index (χ2v) is 15.0. The second-order valence-electron chi connectivity index (χ2n) is 11.0. The monoisotopic (exact) mass is 700 g/mol. The van der Waals surface area contributed by atoms with Gasteiger partial charge >= 0.3 is 23.9 Å². The van der Waals surface area contributed by atoms with Crippen LogP contribution in [0.25, 0.3) is 0 Å². The molecule has 4 N–H and O–H groups in total. The summed E-state index contributed by atoms with van der Waals surface area (Å²) in [6, 6.07) is -1.17. The van der Waals surface area contributed by atoms with E-state index in [-0.39, 0.29) is 50.3 Å². The van der Waals surface area contributed by atoms with Gasteiger partial charge in [0.15, 0.2) is 0 Å². The Balaban J connectivity index is 3.89. The number of carboxylic acids is 4. The first-order valence-electron chi connectivity index (χ1n) is 14.7. The fourth-order valence-electron chi connectivity index (χ4n) is 5.72. The van der Waals surface area contributed by atoms with Crippen LogP contribution in [0.3, 0.4) is 0 Å². The molecule has 0 aliphatic carbocycles. The van der Waals surface area contributed by atoms with Crippen LogP contribution in [0.4, 0.5) is 0 Å². The molecule has 1 saturated heterocycles. The minimum absolute atomic E-state index is 0.243. The first kappa shape index (κ1) is 41.1. The number of thioether (sulfide) groups is 4. The van der Waals surface area contributed by atoms with Gasteiger partial charge in [-0.2, -0.15) is 47.0 Å². The fraction of sp³-hybridized carbons (Fsp3) is 0.857. The quantitative estimate of drug-likeness (QED) is 0.146. The summed E-state index contributed by atoms with van der Waals surface area (Å²) >= 11 is 6.54. The second kappa shape index (κ2) is 23.4. The van der Waals surface area contributed by atoms with Gasteiger partial charge in [-0.1, -0.05) is 0 Å². The summed E-state index contributed by atoms with van der Waals surface area (Å²) in [6.07, 6.45) is 10.4. The molecule has 1 aliphatic heterocycles. The van der Waals surface area contributed by atoms with Crippen LogP contribution in [-0.4, -0.2) is 188 Å². The van der Waals surface area contributed by atoms with Gasteiger partial charge in [-0.3, -0.25) is 38.8 Å². The van der Waals surface area contributed by atoms with Crippen molar-refractivity contribution in [1.82, 2.24) is 19.6 Å². The molecule has 44 heavy (non-hydrogen) atoms. The number of aliphatic carboxylic acids is 4. The maximum atomic E-state index is 12.2. The average Bonchev–Trinajstić information content (AvgIpc) is 2.94. The third-order valence-corrected chi connectivity index (χ3v) is 10.4. The van der Waals surface area contributed by atoms with Crippen molar-refractivity contribution in [2.45, 2.75) is 49.9 Å². The molecule has 1 fully saturated rings. The molecule has 256 valence electrons. The van der Waals surface area contributed by atoms with E-state index in [2.05, 4.69) is 0 Å². The Bertz CT molecular complexity index is 742. The number of rotatable bonds is 20. The summed E-state index contributed by atoms with van der Waals surface area (Å²) < 4.78 is 0. The lowest BCUT2D eigenvalue weighted by molar-refractivity contribution is -0.144. The van der Waals surface area contributed by atoms with Gasteiger partial charge in [-0.15, -0.1) is 0 Å². The van der Waals surface area contributed by atoms with E-state index >= 15 is 0 Å². The smallest absolute Gasteiger partial charge is 0.317 e. The van der Waals surface area contributed by atoms with Gasteiger partial charge in [-0.25, -0.2) is 0 Å². The maximum absolute atomic E-state index is 12.2. The van der Waals surface area contributed by atoms with Crippen molar-refractivity contribution >= 4 is 70.9 Å². The van der Waals surface area contributed by atoms with Crippen molar-refractivity contribution in [2.75, 3.05) is 100 Å². The van der Waals surface area contributed by atoms with E-state index < -0.39 is 23.9 Å². The van der Waals surface area contributed by atoms with Gasteiger partial charge in [0.25, 0.3) is 0 Å². The minimum atomic E-state index is -0.992. The van der Waals surface area contributed by atoms with Crippen LogP contribution < -0.4 is 0 Å². The average molecular weight is 701 g/mol. The molecule has 1 rings (SSSR count). The summed E-state index contributed by atoms with van der Waals surface area (Å²) in [5.74, 6) is -0.993. The third-order valence-electron chi connectivity index (χ3n) is 7.82. The SMILES string of the molecule is CSCC[C@H]1CN(CC(=O)O)[C@@H](CCSC)CN(CC(=O)O)[C@@H](CCSC)CN(CC(=O)O)[C@@H](CCSC)CN1CC(=O)O. The van der Waals surface area contributed by atoms with E-state index in [0.717, 1.165) is 23.0 Å². The van der Waals surface area contributed by atoms with Crippen LogP contribution >= 0.6 is 47.0 Å². The van der Waals surface area contributed by atoms with Crippen molar-refractivity contribution in [1.29, 1.82) is 0 Å². The van der Waals surface area contributed by atoms with Gasteiger partial charge in [0.2, 0.25) is 0 Å². The highest BCUT2D eigenvalue weighted by Gasteiger charge is 2.36. The van der Waals surface area contributed by atoms with Crippen molar-refractivity contribution in [3.8, 4) is 0 Å². The predicted molar refractivity (Wildman–Crippen MR) is 184 cm³/mol. The Kier molecular flexibility index (Phi) is 21.9. The molecule has 0 saturated carbocycles. The van der Waals surface area contributed by atoms with Gasteiger partial charge in [-0.05, 0) is 73.7 Å². The zero-order valence-electron chi connectivity index (χ0n) is 26.5. The Labute approximate surface area is 279 Å². The van der Waals surface area contributed by atoms with E-state index in [4.69, 9.17) is 0 Å². The normalized spacial score (nSPS) is 23.5. The van der Waals surface area contributed by atoms with Crippen LogP contribution in [-0.2, 0) is 19.2 Å². The molecule has 0 spiro atoms. The predicted octanol–water partition coefficient (Wildman–Crippen LogP) is 2.03. The molecule has 0 aromatic heterocycles. The van der Waals surface area contributed by atoms with Crippen molar-refractivity contribution in [3.05, 3.63) is 0 Å². The van der Waals surface area contributed by atoms with E-state index in [1.54, 1.807) is 47.0 Å². The summed E-state index contributed by atoms with van der Waals surface area (Å²) in [6.45, 7) is 0.266. The Hall–Kier alpha value is -0.880. The lowest BCUT2D eigenvalue weighted by Gasteiger charge is -2.45. The molecule has 0 bridgehead atoms.